The van der Waals surface area contributed by atoms with Crippen molar-refractivity contribution in [3.8, 4) is 0 Å². The smallest absolute Gasteiger partial charge is 0.274 e. The summed E-state index contributed by atoms with van der Waals surface area (Å²) in [5.74, 6) is -1.26. The van der Waals surface area contributed by atoms with Crippen LogP contribution >= 0.6 is 0 Å². The van der Waals surface area contributed by atoms with Crippen LogP contribution in [0.2, 0.25) is 0 Å². The van der Waals surface area contributed by atoms with E-state index in [1.807, 2.05) is 6.92 Å². The minimum Gasteiger partial charge on any atom is -0.346 e. The molecule has 0 aromatic carbocycles. The highest BCUT2D eigenvalue weighted by Crippen LogP contribution is 2.13. The molecule has 1 amide bonds. The summed E-state index contributed by atoms with van der Waals surface area (Å²) in [6, 6.07) is 5.23. The first-order chi connectivity index (χ1) is 11.6. The van der Waals surface area contributed by atoms with Gasteiger partial charge in [0.05, 0.1) is 6.20 Å². The summed E-state index contributed by atoms with van der Waals surface area (Å²) in [5, 5.41) is 6.80. The second-order valence-electron chi connectivity index (χ2n) is 5.42. The van der Waals surface area contributed by atoms with Crippen molar-refractivity contribution < 1.29 is 9.18 Å². The molecule has 1 N–H and O–H groups in total. The lowest BCUT2D eigenvalue weighted by atomic mass is 10.3. The van der Waals surface area contributed by atoms with Crippen LogP contribution in [0.25, 0.3) is 11.3 Å². The molecule has 4 heterocycles. The maximum Gasteiger partial charge on any atom is 0.274 e. The van der Waals surface area contributed by atoms with E-state index in [-0.39, 0.29) is 12.2 Å². The molecule has 0 saturated carbocycles. The van der Waals surface area contributed by atoms with Crippen molar-refractivity contribution in [1.29, 1.82) is 0 Å². The van der Waals surface area contributed by atoms with Gasteiger partial charge in [-0.15, -0.1) is 0 Å². The van der Waals surface area contributed by atoms with Gasteiger partial charge in [0.2, 0.25) is 5.95 Å². The Morgan fingerprint density at radius 1 is 1.38 bits per heavy atom. The summed E-state index contributed by atoms with van der Waals surface area (Å²) in [5.41, 5.74) is 2.49. The largest absolute Gasteiger partial charge is 0.346 e. The molecular formula is C16H13FN6O. The van der Waals surface area contributed by atoms with Gasteiger partial charge < -0.3 is 5.32 Å². The van der Waals surface area contributed by atoms with E-state index in [4.69, 9.17) is 0 Å². The summed E-state index contributed by atoms with van der Waals surface area (Å²) >= 11 is 0. The number of pyridine rings is 1. The quantitative estimate of drug-likeness (QED) is 0.623. The number of carbonyl (C=O) groups is 1. The van der Waals surface area contributed by atoms with Crippen LogP contribution in [0.5, 0.6) is 0 Å². The number of nitrogens with zero attached hydrogens (tertiary/aromatic N) is 5. The predicted octanol–water partition coefficient (Wildman–Crippen LogP) is 1.75. The highest BCUT2D eigenvalue weighted by Gasteiger charge is 2.19. The van der Waals surface area contributed by atoms with Crippen LogP contribution in [0.4, 0.5) is 4.39 Å². The average molecular weight is 324 g/mol. The number of aryl methyl sites for hydroxylation is 1. The van der Waals surface area contributed by atoms with Crippen LogP contribution in [-0.2, 0) is 6.54 Å². The Balaban J connectivity index is 1.59. The zero-order valence-corrected chi connectivity index (χ0v) is 12.8. The van der Waals surface area contributed by atoms with E-state index in [2.05, 4.69) is 20.4 Å². The first kappa shape index (κ1) is 14.3. The Morgan fingerprint density at radius 3 is 3.12 bits per heavy atom. The zero-order chi connectivity index (χ0) is 16.7. The number of nitrogens with one attached hydrogen (secondary N) is 1. The van der Waals surface area contributed by atoms with Crippen LogP contribution in [0, 0.1) is 12.9 Å². The first-order valence-corrected chi connectivity index (χ1v) is 7.33. The standard InChI is InChI=1S/C16H13FN6O/c1-10-3-6-22-12(7-10)21-13(14(22)17)16(24)19-8-11-9-20-23-5-2-4-18-15(11)23/h2-7,9H,8H2,1H3,(H,19,24). The number of aromatic nitrogens is 5. The van der Waals surface area contributed by atoms with Crippen molar-refractivity contribution >= 4 is 17.2 Å². The normalized spacial score (nSPS) is 11.2. The molecule has 0 fully saturated rings. The van der Waals surface area contributed by atoms with Crippen molar-refractivity contribution in [3.63, 3.8) is 0 Å². The topological polar surface area (TPSA) is 76.6 Å². The molecule has 0 aliphatic heterocycles. The van der Waals surface area contributed by atoms with Gasteiger partial charge >= 0.3 is 0 Å². The Morgan fingerprint density at radius 2 is 2.25 bits per heavy atom. The number of fused-ring (bicyclic) bond motifs is 2. The van der Waals surface area contributed by atoms with Crippen molar-refractivity contribution in [2.45, 2.75) is 13.5 Å². The van der Waals surface area contributed by atoms with E-state index < -0.39 is 11.9 Å². The molecule has 0 saturated heterocycles. The molecule has 0 aliphatic carbocycles. The molecule has 0 atom stereocenters. The number of carbonyl (C=O) groups excluding carboxylic acids is 1. The fraction of sp³-hybridized carbons (Fsp3) is 0.125. The highest BCUT2D eigenvalue weighted by molar-refractivity contribution is 5.93. The third kappa shape index (κ3) is 2.28. The number of hydrogen-bond donors (Lipinski definition) is 1. The molecule has 0 unspecified atom stereocenters. The maximum atomic E-state index is 14.3. The molecule has 0 aliphatic rings. The van der Waals surface area contributed by atoms with Crippen LogP contribution in [0.3, 0.4) is 0 Å². The van der Waals surface area contributed by atoms with Gasteiger partial charge in [-0.25, -0.2) is 14.5 Å². The van der Waals surface area contributed by atoms with Gasteiger partial charge in [-0.2, -0.15) is 9.49 Å². The third-order valence-corrected chi connectivity index (χ3v) is 3.73. The van der Waals surface area contributed by atoms with E-state index in [0.717, 1.165) is 11.1 Å². The van der Waals surface area contributed by atoms with Gasteiger partial charge in [-0.05, 0) is 30.7 Å². The number of halogens is 1. The molecule has 8 heteroatoms. The molecule has 120 valence electrons. The molecule has 0 spiro atoms. The SMILES string of the molecule is Cc1ccn2c(F)c(C(=O)NCc3cnn4cccnc34)nc2c1. The van der Waals surface area contributed by atoms with Crippen LogP contribution < -0.4 is 5.32 Å². The zero-order valence-electron chi connectivity index (χ0n) is 12.8. The minimum atomic E-state index is -0.680. The van der Waals surface area contributed by atoms with Gasteiger partial charge in [0.25, 0.3) is 5.91 Å². The van der Waals surface area contributed by atoms with E-state index in [0.29, 0.717) is 11.3 Å². The van der Waals surface area contributed by atoms with Gasteiger partial charge in [0, 0.05) is 30.7 Å². The number of amides is 1. The van der Waals surface area contributed by atoms with E-state index >= 15 is 0 Å². The Kier molecular flexibility index (Phi) is 3.23. The van der Waals surface area contributed by atoms with Crippen molar-refractivity contribution in [1.82, 2.24) is 29.3 Å². The van der Waals surface area contributed by atoms with Crippen molar-refractivity contribution in [3.05, 3.63) is 65.8 Å². The number of rotatable bonds is 3. The fourth-order valence-corrected chi connectivity index (χ4v) is 2.52. The van der Waals surface area contributed by atoms with Crippen LogP contribution in [0.1, 0.15) is 21.6 Å². The second kappa shape index (κ2) is 5.41. The highest BCUT2D eigenvalue weighted by atomic mass is 19.1. The second-order valence-corrected chi connectivity index (χ2v) is 5.42. The fourth-order valence-electron chi connectivity index (χ4n) is 2.52. The van der Waals surface area contributed by atoms with Crippen molar-refractivity contribution in [2.24, 2.45) is 0 Å². The Bertz CT molecular complexity index is 1070. The summed E-state index contributed by atoms with van der Waals surface area (Å²) in [4.78, 5) is 20.6. The molecular weight excluding hydrogens is 311 g/mol. The van der Waals surface area contributed by atoms with E-state index in [1.165, 1.54) is 4.40 Å². The summed E-state index contributed by atoms with van der Waals surface area (Å²) in [7, 11) is 0. The van der Waals surface area contributed by atoms with Gasteiger partial charge in [-0.3, -0.25) is 9.20 Å². The van der Waals surface area contributed by atoms with Crippen molar-refractivity contribution in [2.75, 3.05) is 0 Å². The lowest BCUT2D eigenvalue weighted by Crippen LogP contribution is -2.24. The minimum absolute atomic E-state index is 0.186. The molecule has 0 bridgehead atoms. The van der Waals surface area contributed by atoms with Gasteiger partial charge in [0.1, 0.15) is 5.65 Å². The van der Waals surface area contributed by atoms with Gasteiger partial charge in [0.15, 0.2) is 11.3 Å². The number of hydrogen-bond acceptors (Lipinski definition) is 4. The summed E-state index contributed by atoms with van der Waals surface area (Å²) in [6.07, 6.45) is 6.58. The first-order valence-electron chi connectivity index (χ1n) is 7.33. The lowest BCUT2D eigenvalue weighted by Gasteiger charge is -2.01. The predicted molar refractivity (Wildman–Crippen MR) is 84.0 cm³/mol. The molecule has 7 nitrogen and oxygen atoms in total. The van der Waals surface area contributed by atoms with E-state index in [9.17, 15) is 9.18 Å². The van der Waals surface area contributed by atoms with Gasteiger partial charge in [-0.1, -0.05) is 0 Å². The third-order valence-electron chi connectivity index (χ3n) is 3.73. The lowest BCUT2D eigenvalue weighted by molar-refractivity contribution is 0.0942. The summed E-state index contributed by atoms with van der Waals surface area (Å²) < 4.78 is 17.2. The molecule has 24 heavy (non-hydrogen) atoms. The molecule has 4 rings (SSSR count). The molecule has 4 aromatic rings. The van der Waals surface area contributed by atoms with E-state index in [1.54, 1.807) is 47.5 Å². The maximum absolute atomic E-state index is 14.3. The monoisotopic (exact) mass is 324 g/mol. The number of imidazole rings is 1. The molecule has 0 radical (unpaired) electrons. The average Bonchev–Trinajstić information content (AvgIpc) is 3.14. The molecule has 4 aromatic heterocycles. The van der Waals surface area contributed by atoms with Crippen LogP contribution in [-0.4, -0.2) is 29.9 Å². The van der Waals surface area contributed by atoms with Crippen LogP contribution in [0.15, 0.2) is 43.0 Å². The Hall–Kier alpha value is -3.29. The summed E-state index contributed by atoms with van der Waals surface area (Å²) in [6.45, 7) is 2.07. The Labute approximate surface area is 135 Å².